The van der Waals surface area contributed by atoms with Gasteiger partial charge < -0.3 is 19.5 Å². The first-order valence-corrected chi connectivity index (χ1v) is 11.0. The van der Waals surface area contributed by atoms with E-state index in [-0.39, 0.29) is 29.9 Å². The second-order valence-corrected chi connectivity index (χ2v) is 7.65. The summed E-state index contributed by atoms with van der Waals surface area (Å²) in [5.74, 6) is 0.162. The molecular formula is C27H23FN2O5. The number of aliphatic imine (C=N–C) groups is 1. The number of hydrogen-bond acceptors (Lipinski definition) is 6. The van der Waals surface area contributed by atoms with Gasteiger partial charge in [0.05, 0.1) is 6.61 Å². The summed E-state index contributed by atoms with van der Waals surface area (Å²) in [6.07, 6.45) is 1.60. The average Bonchev–Trinajstić information content (AvgIpc) is 3.20. The number of nitrogens with zero attached hydrogens (tertiary/aromatic N) is 1. The summed E-state index contributed by atoms with van der Waals surface area (Å²) in [6.45, 7) is 3.96. The molecule has 1 heterocycles. The number of nitrogens with one attached hydrogen (secondary N) is 1. The van der Waals surface area contributed by atoms with E-state index in [0.717, 1.165) is 5.56 Å². The number of esters is 1. The van der Waals surface area contributed by atoms with Gasteiger partial charge in [-0.2, -0.15) is 0 Å². The monoisotopic (exact) mass is 474 g/mol. The summed E-state index contributed by atoms with van der Waals surface area (Å²) >= 11 is 0. The van der Waals surface area contributed by atoms with Gasteiger partial charge in [0, 0.05) is 18.2 Å². The van der Waals surface area contributed by atoms with Crippen molar-refractivity contribution in [1.82, 2.24) is 0 Å². The fourth-order valence-electron chi connectivity index (χ4n) is 3.33. The molecule has 0 spiro atoms. The SMILES string of the molecule is CCOc1cc(/C=C2\N=C(c3ccc(NC(C)=O)cc3)OC2=O)ccc1OCc1ccc(F)cc1. The number of hydrogen-bond donors (Lipinski definition) is 1. The summed E-state index contributed by atoms with van der Waals surface area (Å²) in [5, 5.41) is 2.68. The van der Waals surface area contributed by atoms with Crippen LogP contribution in [0.1, 0.15) is 30.5 Å². The van der Waals surface area contributed by atoms with Gasteiger partial charge in [-0.15, -0.1) is 0 Å². The maximum atomic E-state index is 13.1. The zero-order valence-corrected chi connectivity index (χ0v) is 19.2. The van der Waals surface area contributed by atoms with E-state index >= 15 is 0 Å². The van der Waals surface area contributed by atoms with Crippen LogP contribution >= 0.6 is 0 Å². The van der Waals surface area contributed by atoms with E-state index in [2.05, 4.69) is 10.3 Å². The molecule has 0 atom stereocenters. The number of cyclic esters (lactones) is 1. The Balaban J connectivity index is 1.52. The van der Waals surface area contributed by atoms with Crippen LogP contribution in [0.5, 0.6) is 11.5 Å². The summed E-state index contributed by atoms with van der Waals surface area (Å²) in [5.41, 5.74) is 2.89. The zero-order valence-electron chi connectivity index (χ0n) is 19.2. The van der Waals surface area contributed by atoms with Gasteiger partial charge in [0.15, 0.2) is 17.2 Å². The Kier molecular flexibility index (Phi) is 7.21. The summed E-state index contributed by atoms with van der Waals surface area (Å²) in [7, 11) is 0. The minimum absolute atomic E-state index is 0.147. The molecule has 1 aliphatic rings. The van der Waals surface area contributed by atoms with Gasteiger partial charge in [-0.25, -0.2) is 14.2 Å². The van der Waals surface area contributed by atoms with Crippen LogP contribution in [0.25, 0.3) is 6.08 Å². The molecule has 8 heteroatoms. The first-order valence-electron chi connectivity index (χ1n) is 11.0. The van der Waals surface area contributed by atoms with Gasteiger partial charge in [-0.3, -0.25) is 4.79 Å². The van der Waals surface area contributed by atoms with Gasteiger partial charge in [0.1, 0.15) is 12.4 Å². The molecule has 4 rings (SSSR count). The largest absolute Gasteiger partial charge is 0.490 e. The van der Waals surface area contributed by atoms with Crippen molar-refractivity contribution in [2.24, 2.45) is 4.99 Å². The van der Waals surface area contributed by atoms with E-state index in [9.17, 15) is 14.0 Å². The second kappa shape index (κ2) is 10.6. The topological polar surface area (TPSA) is 86.2 Å². The number of anilines is 1. The zero-order chi connectivity index (χ0) is 24.8. The summed E-state index contributed by atoms with van der Waals surface area (Å²) in [4.78, 5) is 27.9. The maximum absolute atomic E-state index is 13.1. The molecule has 0 saturated carbocycles. The number of rotatable bonds is 8. The predicted octanol–water partition coefficient (Wildman–Crippen LogP) is 5.11. The molecule has 0 bridgehead atoms. The average molecular weight is 474 g/mol. The van der Waals surface area contributed by atoms with Crippen molar-refractivity contribution in [3.8, 4) is 11.5 Å². The number of benzene rings is 3. The van der Waals surface area contributed by atoms with Crippen LogP contribution in [-0.2, 0) is 20.9 Å². The summed E-state index contributed by atoms with van der Waals surface area (Å²) < 4.78 is 30.0. The van der Waals surface area contributed by atoms with Gasteiger partial charge in [0.25, 0.3) is 0 Å². The van der Waals surface area contributed by atoms with Gasteiger partial charge >= 0.3 is 5.97 Å². The lowest BCUT2D eigenvalue weighted by atomic mass is 10.1. The molecule has 178 valence electrons. The van der Waals surface area contributed by atoms with E-state index < -0.39 is 5.97 Å². The van der Waals surface area contributed by atoms with Crippen LogP contribution in [0.3, 0.4) is 0 Å². The van der Waals surface area contributed by atoms with Crippen molar-refractivity contribution in [2.45, 2.75) is 20.5 Å². The normalized spacial score (nSPS) is 13.9. The van der Waals surface area contributed by atoms with E-state index in [4.69, 9.17) is 14.2 Å². The van der Waals surface area contributed by atoms with E-state index in [1.54, 1.807) is 60.7 Å². The first-order chi connectivity index (χ1) is 16.9. The molecule has 35 heavy (non-hydrogen) atoms. The smallest absolute Gasteiger partial charge is 0.363 e. The lowest BCUT2D eigenvalue weighted by Gasteiger charge is -2.13. The molecule has 0 aliphatic carbocycles. The van der Waals surface area contributed by atoms with Gasteiger partial charge in [-0.05, 0) is 72.7 Å². The van der Waals surface area contributed by atoms with Crippen molar-refractivity contribution in [1.29, 1.82) is 0 Å². The Labute approximate surface area is 201 Å². The van der Waals surface area contributed by atoms with Crippen LogP contribution in [0.2, 0.25) is 0 Å². The Morgan fingerprint density at radius 3 is 2.46 bits per heavy atom. The Morgan fingerprint density at radius 2 is 1.77 bits per heavy atom. The standard InChI is InChI=1S/C27H23FN2O5/c1-3-33-25-15-19(6-13-24(25)34-16-18-4-9-21(28)10-5-18)14-23-27(32)35-26(30-23)20-7-11-22(12-8-20)29-17(2)31/h4-15H,3,16H2,1-2H3,(H,29,31)/b23-14-. The minimum atomic E-state index is -0.569. The highest BCUT2D eigenvalue weighted by molar-refractivity contribution is 6.13. The van der Waals surface area contributed by atoms with E-state index in [1.807, 2.05) is 6.92 Å². The predicted molar refractivity (Wildman–Crippen MR) is 130 cm³/mol. The Hall–Kier alpha value is -4.46. The number of amides is 1. The fraction of sp³-hybridized carbons (Fsp3) is 0.148. The molecule has 1 N–H and O–H groups in total. The number of halogens is 1. The quantitative estimate of drug-likeness (QED) is 0.362. The molecule has 0 radical (unpaired) electrons. The van der Waals surface area contributed by atoms with E-state index in [1.165, 1.54) is 19.1 Å². The molecular weight excluding hydrogens is 451 g/mol. The molecule has 7 nitrogen and oxygen atoms in total. The number of carbonyl (C=O) groups is 2. The lowest BCUT2D eigenvalue weighted by molar-refractivity contribution is -0.129. The number of carbonyl (C=O) groups excluding carboxylic acids is 2. The highest BCUT2D eigenvalue weighted by Gasteiger charge is 2.24. The molecule has 0 aromatic heterocycles. The lowest BCUT2D eigenvalue weighted by Crippen LogP contribution is -2.07. The molecule has 1 aliphatic heterocycles. The minimum Gasteiger partial charge on any atom is -0.490 e. The number of ether oxygens (including phenoxy) is 3. The first kappa shape index (κ1) is 23.7. The molecule has 1 amide bonds. The van der Waals surface area contributed by atoms with Crippen LogP contribution < -0.4 is 14.8 Å². The highest BCUT2D eigenvalue weighted by Crippen LogP contribution is 2.31. The third kappa shape index (κ3) is 6.11. The third-order valence-corrected chi connectivity index (χ3v) is 4.95. The van der Waals surface area contributed by atoms with Gasteiger partial charge in [0.2, 0.25) is 11.8 Å². The second-order valence-electron chi connectivity index (χ2n) is 7.65. The van der Waals surface area contributed by atoms with E-state index in [0.29, 0.717) is 34.9 Å². The third-order valence-electron chi connectivity index (χ3n) is 4.95. The maximum Gasteiger partial charge on any atom is 0.363 e. The molecule has 0 fully saturated rings. The van der Waals surface area contributed by atoms with Crippen molar-refractivity contribution >= 4 is 29.5 Å². The molecule has 0 saturated heterocycles. The molecule has 0 unspecified atom stereocenters. The summed E-state index contributed by atoms with van der Waals surface area (Å²) in [6, 6.07) is 18.2. The fourth-order valence-corrected chi connectivity index (χ4v) is 3.33. The van der Waals surface area contributed by atoms with Crippen LogP contribution in [0, 0.1) is 5.82 Å². The Morgan fingerprint density at radius 1 is 1.03 bits per heavy atom. The Bertz CT molecular complexity index is 1300. The van der Waals surface area contributed by atoms with Gasteiger partial charge in [-0.1, -0.05) is 18.2 Å². The van der Waals surface area contributed by atoms with Crippen LogP contribution in [0.15, 0.2) is 77.4 Å². The molecule has 3 aromatic rings. The van der Waals surface area contributed by atoms with Crippen molar-refractivity contribution in [3.63, 3.8) is 0 Å². The highest BCUT2D eigenvalue weighted by atomic mass is 19.1. The molecule has 3 aromatic carbocycles. The van der Waals surface area contributed by atoms with Crippen LogP contribution in [0.4, 0.5) is 10.1 Å². The van der Waals surface area contributed by atoms with Crippen molar-refractivity contribution in [2.75, 3.05) is 11.9 Å². The van der Waals surface area contributed by atoms with Crippen LogP contribution in [-0.4, -0.2) is 24.4 Å². The van der Waals surface area contributed by atoms with Crippen molar-refractivity contribution in [3.05, 3.63) is 94.9 Å². The van der Waals surface area contributed by atoms with Crippen molar-refractivity contribution < 1.29 is 28.2 Å².